The van der Waals surface area contributed by atoms with Crippen LogP contribution in [0.3, 0.4) is 0 Å². The summed E-state index contributed by atoms with van der Waals surface area (Å²) < 4.78 is 0. The van der Waals surface area contributed by atoms with Gasteiger partial charge in [-0.15, -0.1) is 0 Å². The van der Waals surface area contributed by atoms with E-state index in [9.17, 15) is 5.11 Å². The Morgan fingerprint density at radius 3 is 3.00 bits per heavy atom. The number of nitrogens with zero attached hydrogens (tertiary/aromatic N) is 4. The normalized spacial score (nSPS) is 22.8. The minimum absolute atomic E-state index is 0.236. The highest BCUT2D eigenvalue weighted by atomic mass is 16.3. The van der Waals surface area contributed by atoms with E-state index in [1.165, 1.54) is 0 Å². The van der Waals surface area contributed by atoms with E-state index in [1.54, 1.807) is 6.07 Å². The zero-order chi connectivity index (χ0) is 13.1. The maximum atomic E-state index is 9.45. The lowest BCUT2D eigenvalue weighted by Gasteiger charge is -2.21. The highest BCUT2D eigenvalue weighted by Crippen LogP contribution is 2.12. The van der Waals surface area contributed by atoms with Crippen LogP contribution in [0.4, 0.5) is 5.95 Å². The van der Waals surface area contributed by atoms with Crippen molar-refractivity contribution in [2.24, 2.45) is 0 Å². The molecule has 6 heteroatoms. The van der Waals surface area contributed by atoms with Gasteiger partial charge < -0.3 is 15.3 Å². The largest absolute Gasteiger partial charge is 0.392 e. The summed E-state index contributed by atoms with van der Waals surface area (Å²) in [7, 11) is 1.89. The molecule has 1 aromatic heterocycles. The number of aliphatic hydroxyl groups is 1. The van der Waals surface area contributed by atoms with Gasteiger partial charge in [-0.2, -0.15) is 5.26 Å². The van der Waals surface area contributed by atoms with Gasteiger partial charge in [0, 0.05) is 31.9 Å². The number of aliphatic hydroxyl groups excluding tert-OH is 1. The molecule has 2 heterocycles. The molecule has 0 bridgehead atoms. The number of aromatic nitrogens is 2. The fourth-order valence-electron chi connectivity index (χ4n) is 2.13. The Morgan fingerprint density at radius 1 is 1.61 bits per heavy atom. The minimum Gasteiger partial charge on any atom is -0.392 e. The zero-order valence-corrected chi connectivity index (χ0v) is 10.6. The van der Waals surface area contributed by atoms with Gasteiger partial charge >= 0.3 is 0 Å². The maximum Gasteiger partial charge on any atom is 0.226 e. The van der Waals surface area contributed by atoms with E-state index in [1.807, 2.05) is 24.9 Å². The number of aryl methyl sites for hydroxylation is 1. The van der Waals surface area contributed by atoms with Gasteiger partial charge in [-0.05, 0) is 19.4 Å². The summed E-state index contributed by atoms with van der Waals surface area (Å²) in [4.78, 5) is 10.4. The van der Waals surface area contributed by atoms with Crippen LogP contribution in [-0.4, -0.2) is 47.4 Å². The van der Waals surface area contributed by atoms with Crippen LogP contribution in [0.2, 0.25) is 0 Å². The molecular formula is C12H17N5O. The van der Waals surface area contributed by atoms with Crippen molar-refractivity contribution in [3.63, 3.8) is 0 Å². The molecule has 0 aliphatic carbocycles. The predicted octanol–water partition coefficient (Wildman–Crippen LogP) is -0.184. The van der Waals surface area contributed by atoms with Crippen molar-refractivity contribution in [1.29, 1.82) is 5.26 Å². The monoisotopic (exact) mass is 247 g/mol. The summed E-state index contributed by atoms with van der Waals surface area (Å²) in [6, 6.07) is 3.93. The van der Waals surface area contributed by atoms with Crippen LogP contribution in [0.1, 0.15) is 17.8 Å². The smallest absolute Gasteiger partial charge is 0.226 e. The first-order valence-corrected chi connectivity index (χ1v) is 5.97. The predicted molar refractivity (Wildman–Crippen MR) is 67.2 cm³/mol. The van der Waals surface area contributed by atoms with Crippen molar-refractivity contribution in [1.82, 2.24) is 15.3 Å². The van der Waals surface area contributed by atoms with E-state index in [0.717, 1.165) is 12.1 Å². The summed E-state index contributed by atoms with van der Waals surface area (Å²) in [5.74, 6) is 0.551. The molecule has 1 aromatic rings. The Bertz CT molecular complexity index is 470. The van der Waals surface area contributed by atoms with E-state index in [-0.39, 0.29) is 12.1 Å². The van der Waals surface area contributed by atoms with Gasteiger partial charge in [0.25, 0.3) is 0 Å². The van der Waals surface area contributed by atoms with Crippen LogP contribution < -0.4 is 10.2 Å². The molecule has 1 fully saturated rings. The fraction of sp³-hybridized carbons (Fsp3) is 0.583. The molecule has 0 amide bonds. The number of rotatable bonds is 3. The van der Waals surface area contributed by atoms with Crippen LogP contribution in [0.25, 0.3) is 0 Å². The zero-order valence-electron chi connectivity index (χ0n) is 10.6. The molecule has 0 unspecified atom stereocenters. The first kappa shape index (κ1) is 12.7. The second-order valence-electron chi connectivity index (χ2n) is 4.68. The van der Waals surface area contributed by atoms with Crippen LogP contribution in [0, 0.1) is 18.3 Å². The van der Waals surface area contributed by atoms with Gasteiger partial charge in [-0.25, -0.2) is 9.97 Å². The molecule has 0 saturated carbocycles. The summed E-state index contributed by atoms with van der Waals surface area (Å²) in [6.07, 6.45) is 0.470. The molecular weight excluding hydrogens is 230 g/mol. The van der Waals surface area contributed by atoms with E-state index in [4.69, 9.17) is 5.26 Å². The van der Waals surface area contributed by atoms with Crippen molar-refractivity contribution in [3.8, 4) is 6.07 Å². The topological polar surface area (TPSA) is 85.1 Å². The number of likely N-dealkylation sites (N-methyl/N-ethyl adjacent to an activating group) is 1. The Labute approximate surface area is 106 Å². The van der Waals surface area contributed by atoms with Crippen LogP contribution in [0.15, 0.2) is 6.07 Å². The number of hydrogen-bond acceptors (Lipinski definition) is 6. The van der Waals surface area contributed by atoms with E-state index in [0.29, 0.717) is 24.7 Å². The molecule has 2 atom stereocenters. The summed E-state index contributed by atoms with van der Waals surface area (Å²) in [5, 5.41) is 21.6. The van der Waals surface area contributed by atoms with Crippen LogP contribution in [-0.2, 0) is 0 Å². The molecule has 18 heavy (non-hydrogen) atoms. The molecule has 2 N–H and O–H groups in total. The van der Waals surface area contributed by atoms with Crippen LogP contribution in [0.5, 0.6) is 0 Å². The minimum atomic E-state index is -0.267. The summed E-state index contributed by atoms with van der Waals surface area (Å²) >= 11 is 0. The third-order valence-corrected chi connectivity index (χ3v) is 2.99. The SMILES string of the molecule is Cc1cc(C#N)nc(N(C)C[C@@H]2C[C@@H](O)CN2)n1. The molecule has 2 rings (SSSR count). The average Bonchev–Trinajstić information content (AvgIpc) is 2.73. The number of β-amino-alcohol motifs (C(OH)–C–C–N with tert-alkyl or cyclic N) is 1. The standard InChI is InChI=1S/C12H17N5O/c1-8-3-9(5-13)16-12(15-8)17(2)7-10-4-11(18)6-14-10/h3,10-11,14,18H,4,6-7H2,1-2H3/t10-,11+/m0/s1. The van der Waals surface area contributed by atoms with Gasteiger partial charge in [-0.3, -0.25) is 0 Å². The Morgan fingerprint density at radius 2 is 2.39 bits per heavy atom. The number of nitrogens with one attached hydrogen (secondary N) is 1. The lowest BCUT2D eigenvalue weighted by atomic mass is 10.2. The van der Waals surface area contributed by atoms with Crippen molar-refractivity contribution < 1.29 is 5.11 Å². The van der Waals surface area contributed by atoms with Gasteiger partial charge in [-0.1, -0.05) is 0 Å². The Kier molecular flexibility index (Phi) is 3.75. The van der Waals surface area contributed by atoms with E-state index in [2.05, 4.69) is 15.3 Å². The highest BCUT2D eigenvalue weighted by molar-refractivity contribution is 5.35. The lowest BCUT2D eigenvalue weighted by molar-refractivity contribution is 0.193. The molecule has 1 saturated heterocycles. The number of hydrogen-bond donors (Lipinski definition) is 2. The van der Waals surface area contributed by atoms with Gasteiger partial charge in [0.15, 0.2) is 0 Å². The van der Waals surface area contributed by atoms with Crippen molar-refractivity contribution >= 4 is 5.95 Å². The van der Waals surface area contributed by atoms with Gasteiger partial charge in [0.2, 0.25) is 5.95 Å². The van der Waals surface area contributed by atoms with Crippen LogP contribution >= 0.6 is 0 Å². The molecule has 1 aliphatic rings. The first-order chi connectivity index (χ1) is 8.58. The third kappa shape index (κ3) is 2.94. The van der Waals surface area contributed by atoms with E-state index >= 15 is 0 Å². The lowest BCUT2D eigenvalue weighted by Crippen LogP contribution is -2.36. The summed E-state index contributed by atoms with van der Waals surface area (Å²) in [5.41, 5.74) is 1.16. The third-order valence-electron chi connectivity index (χ3n) is 2.99. The second-order valence-corrected chi connectivity index (χ2v) is 4.68. The summed E-state index contributed by atoms with van der Waals surface area (Å²) in [6.45, 7) is 3.19. The maximum absolute atomic E-state index is 9.45. The first-order valence-electron chi connectivity index (χ1n) is 5.97. The van der Waals surface area contributed by atoms with E-state index < -0.39 is 0 Å². The second kappa shape index (κ2) is 5.29. The van der Waals surface area contributed by atoms with Gasteiger partial charge in [0.1, 0.15) is 11.8 Å². The number of nitriles is 1. The Hall–Kier alpha value is -1.71. The number of anilines is 1. The average molecular weight is 247 g/mol. The molecule has 96 valence electrons. The molecule has 0 spiro atoms. The van der Waals surface area contributed by atoms with Crippen molar-refractivity contribution in [2.45, 2.75) is 25.5 Å². The van der Waals surface area contributed by atoms with Crippen molar-refractivity contribution in [2.75, 3.05) is 25.0 Å². The van der Waals surface area contributed by atoms with Gasteiger partial charge in [0.05, 0.1) is 6.10 Å². The quantitative estimate of drug-likeness (QED) is 0.770. The van der Waals surface area contributed by atoms with Crippen molar-refractivity contribution in [3.05, 3.63) is 17.5 Å². The Balaban J connectivity index is 2.06. The highest BCUT2D eigenvalue weighted by Gasteiger charge is 2.23. The molecule has 0 aromatic carbocycles. The molecule has 0 radical (unpaired) electrons. The fourth-order valence-corrected chi connectivity index (χ4v) is 2.13. The molecule has 1 aliphatic heterocycles. The molecule has 6 nitrogen and oxygen atoms in total.